The van der Waals surface area contributed by atoms with Crippen molar-refractivity contribution in [2.45, 2.75) is 38.9 Å². The molecule has 2 N–H and O–H groups in total. The van der Waals surface area contributed by atoms with Crippen molar-refractivity contribution in [2.75, 3.05) is 19.6 Å². The van der Waals surface area contributed by atoms with E-state index < -0.39 is 6.04 Å². The van der Waals surface area contributed by atoms with Crippen LogP contribution in [0.3, 0.4) is 0 Å². The molecule has 3 heterocycles. The zero-order valence-corrected chi connectivity index (χ0v) is 15.8. The van der Waals surface area contributed by atoms with Gasteiger partial charge in [0.15, 0.2) is 0 Å². The minimum atomic E-state index is -0.401. The molecule has 0 spiro atoms. The predicted octanol–water partition coefficient (Wildman–Crippen LogP) is 1.15. The van der Waals surface area contributed by atoms with Crippen molar-refractivity contribution in [1.29, 1.82) is 0 Å². The number of rotatable bonds is 8. The first-order valence-corrected chi connectivity index (χ1v) is 9.80. The molecule has 0 saturated carbocycles. The minimum Gasteiger partial charge on any atom is -0.356 e. The van der Waals surface area contributed by atoms with Crippen molar-refractivity contribution in [3.05, 3.63) is 40.6 Å². The van der Waals surface area contributed by atoms with Crippen molar-refractivity contribution >= 4 is 23.2 Å². The molecule has 1 aliphatic heterocycles. The second-order valence-corrected chi connectivity index (χ2v) is 7.46. The van der Waals surface area contributed by atoms with Gasteiger partial charge >= 0.3 is 0 Å². The van der Waals surface area contributed by atoms with Crippen LogP contribution in [0.1, 0.15) is 23.5 Å². The van der Waals surface area contributed by atoms with E-state index in [4.69, 9.17) is 0 Å². The molecule has 26 heavy (non-hydrogen) atoms. The number of carbonyl (C=O) groups excluding carboxylic acids is 2. The fourth-order valence-corrected chi connectivity index (χ4v) is 3.87. The smallest absolute Gasteiger partial charge is 0.237 e. The van der Waals surface area contributed by atoms with Crippen molar-refractivity contribution < 1.29 is 9.59 Å². The van der Waals surface area contributed by atoms with E-state index in [1.165, 1.54) is 4.88 Å². The quantitative estimate of drug-likeness (QED) is 0.679. The van der Waals surface area contributed by atoms with Gasteiger partial charge in [-0.15, -0.1) is 11.3 Å². The number of imidazole rings is 1. The summed E-state index contributed by atoms with van der Waals surface area (Å²) in [4.78, 5) is 32.0. The van der Waals surface area contributed by atoms with Crippen LogP contribution in [0.2, 0.25) is 0 Å². The lowest BCUT2D eigenvalue weighted by Crippen LogP contribution is -2.56. The molecule has 0 aliphatic carbocycles. The minimum absolute atomic E-state index is 0.0583. The summed E-state index contributed by atoms with van der Waals surface area (Å²) in [7, 11) is 0. The van der Waals surface area contributed by atoms with Gasteiger partial charge in [0.2, 0.25) is 11.8 Å². The van der Waals surface area contributed by atoms with Gasteiger partial charge in [-0.2, -0.15) is 0 Å². The molecule has 2 aromatic rings. The molecular formula is C18H25N5O2S. The van der Waals surface area contributed by atoms with Crippen LogP contribution in [0, 0.1) is 6.92 Å². The predicted molar refractivity (Wildman–Crippen MR) is 101 cm³/mol. The van der Waals surface area contributed by atoms with E-state index >= 15 is 0 Å². The number of nitrogens with one attached hydrogen (secondary N) is 2. The van der Waals surface area contributed by atoms with E-state index in [0.717, 1.165) is 25.3 Å². The first-order chi connectivity index (χ1) is 12.6. The molecule has 2 aromatic heterocycles. The molecule has 7 nitrogen and oxygen atoms in total. The van der Waals surface area contributed by atoms with Gasteiger partial charge in [0.05, 0.1) is 12.5 Å². The van der Waals surface area contributed by atoms with E-state index in [0.29, 0.717) is 19.6 Å². The van der Waals surface area contributed by atoms with Gasteiger partial charge in [0.1, 0.15) is 5.82 Å². The lowest BCUT2D eigenvalue weighted by molar-refractivity contribution is -0.134. The van der Waals surface area contributed by atoms with Crippen LogP contribution in [-0.2, 0) is 22.7 Å². The Labute approximate surface area is 157 Å². The summed E-state index contributed by atoms with van der Waals surface area (Å²) < 4.78 is 2.06. The summed E-state index contributed by atoms with van der Waals surface area (Å²) in [5.74, 6) is 0.835. The van der Waals surface area contributed by atoms with Gasteiger partial charge in [0, 0.05) is 50.0 Å². The maximum Gasteiger partial charge on any atom is 0.237 e. The monoisotopic (exact) mass is 375 g/mol. The zero-order valence-electron chi connectivity index (χ0n) is 15.0. The summed E-state index contributed by atoms with van der Waals surface area (Å²) in [5, 5.41) is 7.84. The molecule has 8 heteroatoms. The molecule has 0 aromatic carbocycles. The van der Waals surface area contributed by atoms with Crippen LogP contribution in [0.5, 0.6) is 0 Å². The Bertz CT molecular complexity index is 728. The Kier molecular flexibility index (Phi) is 6.40. The normalized spacial score (nSPS) is 17.9. The third-order valence-corrected chi connectivity index (χ3v) is 5.44. The topological polar surface area (TPSA) is 79.3 Å². The first-order valence-electron chi connectivity index (χ1n) is 8.92. The van der Waals surface area contributed by atoms with Gasteiger partial charge < -0.3 is 15.2 Å². The number of hydrogen-bond acceptors (Lipinski definition) is 5. The molecule has 0 unspecified atom stereocenters. The van der Waals surface area contributed by atoms with E-state index in [-0.39, 0.29) is 18.2 Å². The number of thiophene rings is 1. The molecule has 1 fully saturated rings. The number of piperazine rings is 1. The number of nitrogens with zero attached hydrogens (tertiary/aromatic N) is 3. The Morgan fingerprint density at radius 1 is 1.50 bits per heavy atom. The van der Waals surface area contributed by atoms with Gasteiger partial charge in [-0.1, -0.05) is 6.07 Å². The number of amides is 2. The number of aromatic nitrogens is 2. The third-order valence-electron chi connectivity index (χ3n) is 4.58. The summed E-state index contributed by atoms with van der Waals surface area (Å²) >= 11 is 1.67. The van der Waals surface area contributed by atoms with Crippen LogP contribution in [0.4, 0.5) is 0 Å². The molecule has 3 rings (SSSR count). The van der Waals surface area contributed by atoms with Crippen LogP contribution in [-0.4, -0.2) is 51.9 Å². The van der Waals surface area contributed by atoms with E-state index in [9.17, 15) is 9.59 Å². The Hall–Kier alpha value is -2.19. The molecular weight excluding hydrogens is 350 g/mol. The third kappa shape index (κ3) is 4.92. The second-order valence-electron chi connectivity index (χ2n) is 6.43. The number of hydrogen-bond donors (Lipinski definition) is 2. The van der Waals surface area contributed by atoms with Crippen molar-refractivity contribution in [3.63, 3.8) is 0 Å². The molecule has 0 bridgehead atoms. The largest absolute Gasteiger partial charge is 0.356 e. The summed E-state index contributed by atoms with van der Waals surface area (Å²) in [6.45, 7) is 5.48. The molecule has 0 radical (unpaired) electrons. The van der Waals surface area contributed by atoms with Crippen LogP contribution in [0.25, 0.3) is 0 Å². The van der Waals surface area contributed by atoms with E-state index in [2.05, 4.69) is 31.2 Å². The van der Waals surface area contributed by atoms with E-state index in [1.807, 2.05) is 24.6 Å². The molecule has 1 atom stereocenters. The lowest BCUT2D eigenvalue weighted by Gasteiger charge is -2.34. The van der Waals surface area contributed by atoms with Gasteiger partial charge in [-0.05, 0) is 24.8 Å². The zero-order chi connectivity index (χ0) is 18.4. The van der Waals surface area contributed by atoms with Gasteiger partial charge in [-0.3, -0.25) is 14.5 Å². The van der Waals surface area contributed by atoms with Crippen LogP contribution < -0.4 is 10.6 Å². The van der Waals surface area contributed by atoms with Crippen molar-refractivity contribution in [3.8, 4) is 0 Å². The summed E-state index contributed by atoms with van der Waals surface area (Å²) in [6, 6.07) is 3.67. The highest BCUT2D eigenvalue weighted by Gasteiger charge is 2.31. The van der Waals surface area contributed by atoms with E-state index in [1.54, 1.807) is 17.5 Å². The second kappa shape index (κ2) is 8.95. The average molecular weight is 375 g/mol. The fourth-order valence-electron chi connectivity index (χ4n) is 3.14. The highest BCUT2D eigenvalue weighted by atomic mass is 32.1. The average Bonchev–Trinajstić information content (AvgIpc) is 3.27. The highest BCUT2D eigenvalue weighted by molar-refractivity contribution is 7.09. The Morgan fingerprint density at radius 3 is 3.12 bits per heavy atom. The standard InChI is InChI=1S/C18H25N5O2S/c1-14-19-6-9-22(14)8-3-5-20-17(24)12-16-18(25)21-7-10-23(16)13-15-4-2-11-26-15/h2,4,6,9,11,16H,3,5,7-8,10,12-13H2,1H3,(H,20,24)(H,21,25)/t16-/m1/s1. The van der Waals surface area contributed by atoms with Crippen molar-refractivity contribution in [1.82, 2.24) is 25.1 Å². The van der Waals surface area contributed by atoms with Gasteiger partial charge in [-0.25, -0.2) is 4.98 Å². The highest BCUT2D eigenvalue weighted by Crippen LogP contribution is 2.17. The van der Waals surface area contributed by atoms with Gasteiger partial charge in [0.25, 0.3) is 0 Å². The SMILES string of the molecule is Cc1nccn1CCCNC(=O)C[C@@H]1C(=O)NCCN1Cc1cccs1. The lowest BCUT2D eigenvalue weighted by atomic mass is 10.1. The first kappa shape index (κ1) is 18.6. The van der Waals surface area contributed by atoms with Crippen molar-refractivity contribution in [2.24, 2.45) is 0 Å². The number of aryl methyl sites for hydroxylation is 2. The summed E-state index contributed by atoms with van der Waals surface area (Å²) in [5.41, 5.74) is 0. The molecule has 140 valence electrons. The van der Waals surface area contributed by atoms with Crippen LogP contribution in [0.15, 0.2) is 29.9 Å². The summed E-state index contributed by atoms with van der Waals surface area (Å²) in [6.07, 6.45) is 4.74. The maximum absolute atomic E-state index is 12.3. The Balaban J connectivity index is 1.46. The number of carbonyl (C=O) groups is 2. The molecule has 1 aliphatic rings. The fraction of sp³-hybridized carbons (Fsp3) is 0.500. The molecule has 1 saturated heterocycles. The van der Waals surface area contributed by atoms with Crippen LogP contribution >= 0.6 is 11.3 Å². The Morgan fingerprint density at radius 2 is 2.38 bits per heavy atom. The maximum atomic E-state index is 12.3. The molecule has 2 amide bonds.